The molecule has 0 amide bonds. The summed E-state index contributed by atoms with van der Waals surface area (Å²) in [6.07, 6.45) is 2.57. The first-order valence-electron chi connectivity index (χ1n) is 6.47. The lowest BCUT2D eigenvalue weighted by molar-refractivity contribution is 0.102. The van der Waals surface area contributed by atoms with Gasteiger partial charge >= 0.3 is 0 Å². The van der Waals surface area contributed by atoms with Crippen molar-refractivity contribution in [3.8, 4) is 0 Å². The van der Waals surface area contributed by atoms with Crippen molar-refractivity contribution in [2.75, 3.05) is 13.1 Å². The first kappa shape index (κ1) is 13.1. The number of piperidine rings is 1. The molecule has 17 heavy (non-hydrogen) atoms. The highest BCUT2D eigenvalue weighted by atomic mass is 79.9. The lowest BCUT2D eigenvalue weighted by Gasteiger charge is -2.41. The molecule has 1 aliphatic rings. The number of hydrogen-bond donors (Lipinski definition) is 0. The Morgan fingerprint density at radius 1 is 1.18 bits per heavy atom. The Hall–Kier alpha value is -0.340. The van der Waals surface area contributed by atoms with Crippen molar-refractivity contribution in [3.63, 3.8) is 0 Å². The van der Waals surface area contributed by atoms with E-state index < -0.39 is 0 Å². The third-order valence-corrected chi connectivity index (χ3v) is 4.26. The van der Waals surface area contributed by atoms with Crippen molar-refractivity contribution < 1.29 is 0 Å². The summed E-state index contributed by atoms with van der Waals surface area (Å²) in [7, 11) is 0. The van der Waals surface area contributed by atoms with Gasteiger partial charge in [-0.15, -0.1) is 0 Å². The van der Waals surface area contributed by atoms with Crippen molar-refractivity contribution in [2.24, 2.45) is 0 Å². The van der Waals surface area contributed by atoms with E-state index in [1.54, 1.807) is 0 Å². The van der Waals surface area contributed by atoms with E-state index in [0.29, 0.717) is 5.54 Å². The molecule has 2 heteroatoms. The number of benzene rings is 1. The number of nitrogens with zero attached hydrogens (tertiary/aromatic N) is 1. The molecule has 0 aromatic heterocycles. The fourth-order valence-electron chi connectivity index (χ4n) is 2.64. The van der Waals surface area contributed by atoms with Gasteiger partial charge in [0.25, 0.3) is 0 Å². The van der Waals surface area contributed by atoms with E-state index in [4.69, 9.17) is 0 Å². The van der Waals surface area contributed by atoms with Crippen LogP contribution in [-0.4, -0.2) is 23.5 Å². The van der Waals surface area contributed by atoms with Crippen molar-refractivity contribution >= 4 is 15.9 Å². The van der Waals surface area contributed by atoms with Crippen LogP contribution < -0.4 is 0 Å². The average molecular weight is 296 g/mol. The monoisotopic (exact) mass is 295 g/mol. The van der Waals surface area contributed by atoms with Crippen LogP contribution in [0.1, 0.15) is 45.1 Å². The van der Waals surface area contributed by atoms with E-state index >= 15 is 0 Å². The summed E-state index contributed by atoms with van der Waals surface area (Å²) in [6.45, 7) is 9.38. The molecule has 1 fully saturated rings. The van der Waals surface area contributed by atoms with Crippen molar-refractivity contribution in [1.29, 1.82) is 0 Å². The molecular formula is C15H22BrN. The Kier molecular flexibility index (Phi) is 3.94. The maximum Gasteiger partial charge on any atom is 0.0178 e. The Morgan fingerprint density at radius 2 is 1.82 bits per heavy atom. The molecule has 0 radical (unpaired) electrons. The predicted molar refractivity (Wildman–Crippen MR) is 77.4 cm³/mol. The average Bonchev–Trinajstić information content (AvgIpc) is 2.28. The minimum absolute atomic E-state index is 0.322. The highest BCUT2D eigenvalue weighted by Crippen LogP contribution is 2.31. The lowest BCUT2D eigenvalue weighted by Crippen LogP contribution is -2.45. The van der Waals surface area contributed by atoms with Gasteiger partial charge in [-0.1, -0.05) is 28.1 Å². The highest BCUT2D eigenvalue weighted by Gasteiger charge is 2.27. The molecule has 0 aliphatic carbocycles. The van der Waals surface area contributed by atoms with Crippen LogP contribution in [-0.2, 0) is 0 Å². The third-order valence-electron chi connectivity index (χ3n) is 3.76. The zero-order chi connectivity index (χ0) is 12.5. The highest BCUT2D eigenvalue weighted by molar-refractivity contribution is 9.10. The van der Waals surface area contributed by atoms with Crippen molar-refractivity contribution in [2.45, 2.75) is 45.1 Å². The normalized spacial score (nSPS) is 19.5. The van der Waals surface area contributed by atoms with Crippen LogP contribution in [0.3, 0.4) is 0 Å². The maximum absolute atomic E-state index is 3.56. The third kappa shape index (κ3) is 3.32. The molecule has 0 unspecified atom stereocenters. The van der Waals surface area contributed by atoms with Crippen molar-refractivity contribution in [3.05, 3.63) is 34.3 Å². The summed E-state index contributed by atoms with van der Waals surface area (Å²) in [5, 5.41) is 0. The molecule has 0 spiro atoms. The molecule has 1 aromatic rings. The van der Waals surface area contributed by atoms with Gasteiger partial charge in [-0.2, -0.15) is 0 Å². The lowest BCUT2D eigenvalue weighted by atomic mass is 9.87. The predicted octanol–water partition coefficient (Wildman–Crippen LogP) is 4.43. The van der Waals surface area contributed by atoms with Gasteiger partial charge in [-0.3, -0.25) is 4.90 Å². The van der Waals surface area contributed by atoms with Crippen LogP contribution in [0.25, 0.3) is 0 Å². The van der Waals surface area contributed by atoms with Gasteiger partial charge in [-0.05, 0) is 70.3 Å². The Balaban J connectivity index is 2.00. The summed E-state index contributed by atoms with van der Waals surface area (Å²) in [5.74, 6) is 0.742. The summed E-state index contributed by atoms with van der Waals surface area (Å²) >= 11 is 3.56. The van der Waals surface area contributed by atoms with Crippen LogP contribution >= 0.6 is 15.9 Å². The topological polar surface area (TPSA) is 3.24 Å². The molecule has 0 bridgehead atoms. The maximum atomic E-state index is 3.56. The fraction of sp³-hybridized carbons (Fsp3) is 0.600. The standard InChI is InChI=1S/C15H22BrN/c1-15(2,3)17-9-7-12(8-10-17)13-5-4-6-14(16)11-13/h4-6,11-12H,7-10H2,1-3H3. The minimum Gasteiger partial charge on any atom is -0.298 e. The number of likely N-dealkylation sites (tertiary alicyclic amines) is 1. The van der Waals surface area contributed by atoms with Gasteiger partial charge in [-0.25, -0.2) is 0 Å². The van der Waals surface area contributed by atoms with Crippen LogP contribution in [0.4, 0.5) is 0 Å². The number of hydrogen-bond acceptors (Lipinski definition) is 1. The number of rotatable bonds is 1. The molecular weight excluding hydrogens is 274 g/mol. The van der Waals surface area contributed by atoms with Crippen LogP contribution in [0.2, 0.25) is 0 Å². The van der Waals surface area contributed by atoms with Crippen molar-refractivity contribution in [1.82, 2.24) is 4.90 Å². The molecule has 1 heterocycles. The Morgan fingerprint density at radius 3 is 2.35 bits per heavy atom. The minimum atomic E-state index is 0.322. The molecule has 1 nitrogen and oxygen atoms in total. The van der Waals surface area contributed by atoms with E-state index in [-0.39, 0.29) is 0 Å². The van der Waals surface area contributed by atoms with Gasteiger partial charge in [0.2, 0.25) is 0 Å². The molecule has 94 valence electrons. The van der Waals surface area contributed by atoms with Gasteiger partial charge in [0.1, 0.15) is 0 Å². The zero-order valence-corrected chi connectivity index (χ0v) is 12.6. The van der Waals surface area contributed by atoms with E-state index in [2.05, 4.69) is 65.9 Å². The molecule has 2 rings (SSSR count). The van der Waals surface area contributed by atoms with E-state index in [1.807, 2.05) is 0 Å². The van der Waals surface area contributed by atoms with Crippen LogP contribution in [0.15, 0.2) is 28.7 Å². The second kappa shape index (κ2) is 5.11. The molecule has 1 aliphatic heterocycles. The number of halogens is 1. The van der Waals surface area contributed by atoms with Gasteiger partial charge in [0.15, 0.2) is 0 Å². The first-order valence-corrected chi connectivity index (χ1v) is 7.26. The summed E-state index contributed by atoms with van der Waals surface area (Å²) in [6, 6.07) is 8.79. The zero-order valence-electron chi connectivity index (χ0n) is 11.0. The molecule has 1 aromatic carbocycles. The molecule has 0 N–H and O–H groups in total. The fourth-order valence-corrected chi connectivity index (χ4v) is 3.06. The van der Waals surface area contributed by atoms with E-state index in [1.165, 1.54) is 36.0 Å². The van der Waals surface area contributed by atoms with Gasteiger partial charge in [0.05, 0.1) is 0 Å². The Bertz CT molecular complexity index is 373. The second-order valence-corrected chi connectivity index (χ2v) is 6.90. The quantitative estimate of drug-likeness (QED) is 0.741. The Labute approximate surface area is 113 Å². The van der Waals surface area contributed by atoms with Crippen LogP contribution in [0.5, 0.6) is 0 Å². The molecule has 1 saturated heterocycles. The summed E-state index contributed by atoms with van der Waals surface area (Å²) in [4.78, 5) is 2.60. The first-order chi connectivity index (χ1) is 7.97. The largest absolute Gasteiger partial charge is 0.298 e. The second-order valence-electron chi connectivity index (χ2n) is 5.99. The summed E-state index contributed by atoms with van der Waals surface area (Å²) in [5.41, 5.74) is 1.82. The van der Waals surface area contributed by atoms with Gasteiger partial charge < -0.3 is 0 Å². The van der Waals surface area contributed by atoms with Crippen LogP contribution in [0, 0.1) is 0 Å². The summed E-state index contributed by atoms with van der Waals surface area (Å²) < 4.78 is 1.20. The smallest absolute Gasteiger partial charge is 0.0178 e. The SMILES string of the molecule is CC(C)(C)N1CCC(c2cccc(Br)c2)CC1. The molecule has 0 atom stereocenters. The van der Waals surface area contributed by atoms with E-state index in [9.17, 15) is 0 Å². The molecule has 0 saturated carbocycles. The van der Waals surface area contributed by atoms with E-state index in [0.717, 1.165) is 5.92 Å². The van der Waals surface area contributed by atoms with Gasteiger partial charge in [0, 0.05) is 10.0 Å².